The minimum absolute atomic E-state index is 0. The molecule has 0 atom stereocenters. The number of hydrogen-bond donors (Lipinski definition) is 0. The average molecular weight is 77.1 g/mol. The molecule has 0 unspecified atom stereocenters. The van der Waals surface area contributed by atoms with Crippen LogP contribution in [0.1, 0.15) is 21.3 Å². The zero-order valence-corrected chi connectivity index (χ0v) is 3.41. The Morgan fingerprint density at radius 2 is 1.00 bits per heavy atom. The van der Waals surface area contributed by atoms with Crippen LogP contribution >= 0.6 is 0 Å². The molecule has 0 amide bonds. The van der Waals surface area contributed by atoms with Gasteiger partial charge < -0.3 is 5.11 Å². The highest BCUT2D eigenvalue weighted by Gasteiger charge is 0.932. The van der Waals surface area contributed by atoms with Gasteiger partial charge in [-0.1, -0.05) is 21.3 Å². The van der Waals surface area contributed by atoms with Crippen LogP contribution in [0.5, 0.6) is 0 Å². The highest BCUT2D eigenvalue weighted by molar-refractivity contribution is 3.50. The fourth-order valence-corrected chi connectivity index (χ4v) is 0. The van der Waals surface area contributed by atoms with Crippen molar-refractivity contribution in [3.8, 4) is 0 Å². The highest BCUT2D eigenvalue weighted by atomic mass is 16.2. The number of hydrogen-bond acceptors (Lipinski definition) is 1. The third-order valence-corrected chi connectivity index (χ3v) is 0. The molecule has 0 aromatic carbocycles. The van der Waals surface area contributed by atoms with Crippen molar-refractivity contribution in [2.45, 2.75) is 21.3 Å². The zero-order chi connectivity index (χ0) is 4.00. The van der Waals surface area contributed by atoms with Crippen LogP contribution in [0.2, 0.25) is 0 Å². The van der Waals surface area contributed by atoms with E-state index in [2.05, 4.69) is 0 Å². The molecule has 1 heteroatoms. The predicted molar refractivity (Wildman–Crippen MR) is 24.0 cm³/mol. The number of rotatable bonds is 0. The maximum atomic E-state index is 8.25. The molecule has 5 heavy (non-hydrogen) atoms. The summed E-state index contributed by atoms with van der Waals surface area (Å²) in [5.74, 6) is 0. The predicted octanol–water partition coefficient (Wildman–Crippen LogP) is 0.639. The molecule has 0 saturated carbocycles. The first-order valence-corrected chi connectivity index (χ1v) is 1.41. The maximum Gasteiger partial charge on any atom is -0.0683 e. The molecule has 0 saturated heterocycles. The first-order chi connectivity index (χ1) is 2.00. The zero-order valence-electron chi connectivity index (χ0n) is 3.41. The molecule has 0 aliphatic carbocycles. The van der Waals surface area contributed by atoms with Gasteiger partial charge in [0.05, 0.1) is 0 Å². The van der Waals surface area contributed by atoms with Crippen LogP contribution in [0.4, 0.5) is 0 Å². The van der Waals surface area contributed by atoms with Crippen molar-refractivity contribution in [3.63, 3.8) is 0 Å². The monoisotopic (exact) mass is 77.1 g/mol. The molecular weight excluding hydrogens is 64.0 g/mol. The van der Waals surface area contributed by atoms with E-state index in [1.807, 2.05) is 13.8 Å². The molecule has 1 nitrogen and oxygen atoms in total. The molecule has 0 aromatic rings. The van der Waals surface area contributed by atoms with Gasteiger partial charge in [0.15, 0.2) is 0 Å². The van der Waals surface area contributed by atoms with Gasteiger partial charge in [0.25, 0.3) is 0 Å². The topological polar surface area (TPSA) is 23.1 Å². The van der Waals surface area contributed by atoms with E-state index in [4.69, 9.17) is 5.11 Å². The minimum Gasteiger partial charge on any atom is -0.857 e. The summed E-state index contributed by atoms with van der Waals surface area (Å²) in [6.07, 6.45) is 0. The Morgan fingerprint density at radius 1 is 1.00 bits per heavy atom. The summed E-state index contributed by atoms with van der Waals surface area (Å²) < 4.78 is 0. The van der Waals surface area contributed by atoms with Gasteiger partial charge in [-0.25, -0.2) is 0 Å². The molecule has 0 aromatic heterocycles. The van der Waals surface area contributed by atoms with E-state index in [0.29, 0.717) is 0 Å². The van der Waals surface area contributed by atoms with E-state index in [0.717, 1.165) is 7.11 Å². The summed E-state index contributed by atoms with van der Waals surface area (Å²) in [5, 5.41) is 8.25. The van der Waals surface area contributed by atoms with Gasteiger partial charge in [-0.2, -0.15) is 7.11 Å². The van der Waals surface area contributed by atoms with Gasteiger partial charge in [-0.05, 0) is 0 Å². The lowest BCUT2D eigenvalue weighted by Crippen LogP contribution is -1.81. The lowest BCUT2D eigenvalue weighted by molar-refractivity contribution is -0.325. The first-order valence-electron chi connectivity index (χ1n) is 1.41. The second-order valence-electron chi connectivity index (χ2n) is 0. The Morgan fingerprint density at radius 3 is 1.00 bits per heavy atom. The van der Waals surface area contributed by atoms with Crippen LogP contribution in [0.15, 0.2) is 0 Å². The fourth-order valence-electron chi connectivity index (χ4n) is 0. The van der Waals surface area contributed by atoms with Gasteiger partial charge in [-0.15, -0.1) is 0 Å². The first kappa shape index (κ1) is 20.2. The largest absolute Gasteiger partial charge is 0.857 e. The molecule has 0 aliphatic rings. The van der Waals surface area contributed by atoms with Crippen molar-refractivity contribution < 1.29 is 5.11 Å². The summed E-state index contributed by atoms with van der Waals surface area (Å²) in [6, 6.07) is 0. The smallest absolute Gasteiger partial charge is 0.0683 e. The van der Waals surface area contributed by atoms with Crippen LogP contribution in [-0.2, 0) is 0 Å². The van der Waals surface area contributed by atoms with Gasteiger partial charge in [-0.3, -0.25) is 0 Å². The normalized spacial score (nSPS) is 2.40. The van der Waals surface area contributed by atoms with Crippen LogP contribution in [0.25, 0.3) is 0 Å². The molecule has 36 valence electrons. The van der Waals surface area contributed by atoms with E-state index >= 15 is 0 Å². The fraction of sp³-hybridized carbons (Fsp3) is 1.00. The summed E-state index contributed by atoms with van der Waals surface area (Å²) in [7, 11) is 0.750. The second-order valence-corrected chi connectivity index (χ2v) is 0. The average Bonchev–Trinajstić information content (AvgIpc) is 1.50. The van der Waals surface area contributed by atoms with Crippen molar-refractivity contribution >= 4 is 0 Å². The van der Waals surface area contributed by atoms with Crippen molar-refractivity contribution in [3.05, 3.63) is 0 Å². The third-order valence-electron chi connectivity index (χ3n) is 0. The van der Waals surface area contributed by atoms with E-state index < -0.39 is 0 Å². The van der Waals surface area contributed by atoms with E-state index in [-0.39, 0.29) is 7.43 Å². The molecule has 0 N–H and O–H groups in total. The Labute approximate surface area is 34.6 Å². The third kappa shape index (κ3) is 9510. The summed E-state index contributed by atoms with van der Waals surface area (Å²) in [5.41, 5.74) is 0. The van der Waals surface area contributed by atoms with Crippen molar-refractivity contribution in [2.24, 2.45) is 0 Å². The molecule has 0 rings (SSSR count). The lowest BCUT2D eigenvalue weighted by atomic mass is 11.0. The standard InChI is InChI=1S/C2H6.CH3O.CH4/c2*1-2;/h1-2H3;1H3;1H4/q;-1;. The van der Waals surface area contributed by atoms with E-state index in [1.54, 1.807) is 0 Å². The molecular formula is C4H13O-. The Kier molecular flexibility index (Phi) is 87800. The molecule has 0 radical (unpaired) electrons. The minimum atomic E-state index is 0. The second kappa shape index (κ2) is 21700. The Bertz CT molecular complexity index is 3.61. The van der Waals surface area contributed by atoms with Gasteiger partial charge in [0.2, 0.25) is 0 Å². The molecule has 0 bridgehead atoms. The van der Waals surface area contributed by atoms with Crippen LogP contribution < -0.4 is 5.11 Å². The summed E-state index contributed by atoms with van der Waals surface area (Å²) >= 11 is 0. The SMILES string of the molecule is C.CC.C[O-]. The van der Waals surface area contributed by atoms with E-state index in [1.165, 1.54) is 0 Å². The molecule has 0 fully saturated rings. The van der Waals surface area contributed by atoms with Crippen LogP contribution in [-0.4, -0.2) is 7.11 Å². The molecule has 0 aliphatic heterocycles. The Balaban J connectivity index is -0.0000000133. The van der Waals surface area contributed by atoms with Crippen molar-refractivity contribution in [1.82, 2.24) is 0 Å². The molecule has 0 spiro atoms. The summed E-state index contributed by atoms with van der Waals surface area (Å²) in [6.45, 7) is 4.00. The highest BCUT2D eigenvalue weighted by Crippen LogP contribution is 1.14. The van der Waals surface area contributed by atoms with Gasteiger partial charge in [0, 0.05) is 0 Å². The van der Waals surface area contributed by atoms with Crippen LogP contribution in [0.3, 0.4) is 0 Å². The maximum absolute atomic E-state index is 8.25. The van der Waals surface area contributed by atoms with E-state index in [9.17, 15) is 0 Å². The van der Waals surface area contributed by atoms with Crippen molar-refractivity contribution in [1.29, 1.82) is 0 Å². The van der Waals surface area contributed by atoms with Crippen molar-refractivity contribution in [2.75, 3.05) is 7.11 Å². The summed E-state index contributed by atoms with van der Waals surface area (Å²) in [4.78, 5) is 0. The quantitative estimate of drug-likeness (QED) is 0.416. The van der Waals surface area contributed by atoms with Gasteiger partial charge in [0.1, 0.15) is 0 Å². The Hall–Kier alpha value is -0.0400. The van der Waals surface area contributed by atoms with Gasteiger partial charge >= 0.3 is 0 Å². The molecule has 0 heterocycles. The van der Waals surface area contributed by atoms with Crippen LogP contribution in [0, 0.1) is 0 Å². The lowest BCUT2D eigenvalue weighted by Gasteiger charge is -1.57.